The SMILES string of the molecule is Cn1ncc(C(=O)NCC(=O)N2CCCCC2)c1N. The number of likely N-dealkylation sites (tertiary alicyclic amines) is 1. The van der Waals surface area contributed by atoms with E-state index in [0.717, 1.165) is 25.9 Å². The molecule has 0 atom stereocenters. The number of nitrogens with two attached hydrogens (primary N) is 1. The zero-order valence-electron chi connectivity index (χ0n) is 11.1. The summed E-state index contributed by atoms with van der Waals surface area (Å²) >= 11 is 0. The molecule has 1 fully saturated rings. The van der Waals surface area contributed by atoms with Crippen LogP contribution in [0.5, 0.6) is 0 Å². The second kappa shape index (κ2) is 5.73. The largest absolute Gasteiger partial charge is 0.383 e. The number of amides is 2. The molecule has 1 aromatic rings. The zero-order valence-corrected chi connectivity index (χ0v) is 11.1. The van der Waals surface area contributed by atoms with E-state index < -0.39 is 0 Å². The Morgan fingerprint density at radius 3 is 2.63 bits per heavy atom. The van der Waals surface area contributed by atoms with Crippen molar-refractivity contribution in [3.8, 4) is 0 Å². The van der Waals surface area contributed by atoms with E-state index in [1.807, 2.05) is 0 Å². The fourth-order valence-corrected chi connectivity index (χ4v) is 2.13. The van der Waals surface area contributed by atoms with E-state index in [2.05, 4.69) is 10.4 Å². The molecule has 1 saturated heterocycles. The number of nitrogen functional groups attached to an aromatic ring is 1. The molecule has 7 heteroatoms. The molecule has 7 nitrogen and oxygen atoms in total. The maximum atomic E-state index is 11.9. The number of aromatic nitrogens is 2. The quantitative estimate of drug-likeness (QED) is 0.787. The van der Waals surface area contributed by atoms with Gasteiger partial charge in [-0.1, -0.05) is 0 Å². The number of hydrogen-bond donors (Lipinski definition) is 2. The summed E-state index contributed by atoms with van der Waals surface area (Å²) in [5.74, 6) is -0.116. The lowest BCUT2D eigenvalue weighted by molar-refractivity contribution is -0.130. The minimum Gasteiger partial charge on any atom is -0.383 e. The first-order valence-corrected chi connectivity index (χ1v) is 6.43. The predicted molar refractivity (Wildman–Crippen MR) is 70.4 cm³/mol. The van der Waals surface area contributed by atoms with E-state index in [0.29, 0.717) is 11.4 Å². The fourth-order valence-electron chi connectivity index (χ4n) is 2.13. The molecule has 3 N–H and O–H groups in total. The third kappa shape index (κ3) is 3.04. The smallest absolute Gasteiger partial charge is 0.257 e. The molecular formula is C12H19N5O2. The number of rotatable bonds is 3. The number of nitrogens with zero attached hydrogens (tertiary/aromatic N) is 3. The van der Waals surface area contributed by atoms with E-state index in [1.54, 1.807) is 11.9 Å². The number of piperidine rings is 1. The Morgan fingerprint density at radius 1 is 1.37 bits per heavy atom. The maximum Gasteiger partial charge on any atom is 0.257 e. The summed E-state index contributed by atoms with van der Waals surface area (Å²) in [7, 11) is 1.66. The monoisotopic (exact) mass is 265 g/mol. The molecule has 0 spiro atoms. The van der Waals surface area contributed by atoms with Gasteiger partial charge in [0.15, 0.2) is 0 Å². The van der Waals surface area contributed by atoms with Gasteiger partial charge in [0.2, 0.25) is 5.91 Å². The van der Waals surface area contributed by atoms with Crippen LogP contribution in [0.1, 0.15) is 29.6 Å². The van der Waals surface area contributed by atoms with Gasteiger partial charge in [0.25, 0.3) is 5.91 Å². The first-order valence-electron chi connectivity index (χ1n) is 6.43. The normalized spacial score (nSPS) is 15.3. The van der Waals surface area contributed by atoms with Crippen molar-refractivity contribution in [1.29, 1.82) is 0 Å². The van der Waals surface area contributed by atoms with Gasteiger partial charge < -0.3 is 16.0 Å². The molecule has 0 unspecified atom stereocenters. The third-order valence-electron chi connectivity index (χ3n) is 3.34. The summed E-state index contributed by atoms with van der Waals surface area (Å²) in [5, 5.41) is 6.48. The lowest BCUT2D eigenvalue weighted by Gasteiger charge is -2.26. The van der Waals surface area contributed by atoms with Gasteiger partial charge in [0.05, 0.1) is 12.7 Å². The van der Waals surface area contributed by atoms with Gasteiger partial charge in [-0.2, -0.15) is 5.10 Å². The molecule has 2 heterocycles. The molecule has 0 aromatic carbocycles. The van der Waals surface area contributed by atoms with E-state index in [1.165, 1.54) is 17.3 Å². The van der Waals surface area contributed by atoms with Crippen LogP contribution in [0.3, 0.4) is 0 Å². The van der Waals surface area contributed by atoms with Crippen LogP contribution in [0.2, 0.25) is 0 Å². The Bertz CT molecular complexity index is 476. The summed E-state index contributed by atoms with van der Waals surface area (Å²) in [4.78, 5) is 25.5. The number of anilines is 1. The Balaban J connectivity index is 1.86. The van der Waals surface area contributed by atoms with Crippen LogP contribution in [0.25, 0.3) is 0 Å². The number of carbonyl (C=O) groups excluding carboxylic acids is 2. The topological polar surface area (TPSA) is 93.2 Å². The van der Waals surface area contributed by atoms with Gasteiger partial charge in [-0.3, -0.25) is 14.3 Å². The Kier molecular flexibility index (Phi) is 4.03. The third-order valence-corrected chi connectivity index (χ3v) is 3.34. The molecule has 0 saturated carbocycles. The highest BCUT2D eigenvalue weighted by molar-refractivity contribution is 5.99. The lowest BCUT2D eigenvalue weighted by Crippen LogP contribution is -2.42. The molecule has 0 bridgehead atoms. The number of carbonyl (C=O) groups is 2. The standard InChI is InChI=1S/C12H19N5O2/c1-16-11(13)9(7-15-16)12(19)14-8-10(18)17-5-3-2-4-6-17/h7H,2-6,8,13H2,1H3,(H,14,19). The Labute approximate surface area is 111 Å². The van der Waals surface area contributed by atoms with Crippen molar-refractivity contribution in [3.05, 3.63) is 11.8 Å². The van der Waals surface area contributed by atoms with Gasteiger partial charge in [-0.25, -0.2) is 0 Å². The van der Waals surface area contributed by atoms with Gasteiger partial charge in [-0.15, -0.1) is 0 Å². The van der Waals surface area contributed by atoms with Crippen molar-refractivity contribution in [2.75, 3.05) is 25.4 Å². The molecule has 104 valence electrons. The second-order valence-corrected chi connectivity index (χ2v) is 4.69. The van der Waals surface area contributed by atoms with E-state index in [4.69, 9.17) is 5.73 Å². The highest BCUT2D eigenvalue weighted by Crippen LogP contribution is 2.10. The molecule has 19 heavy (non-hydrogen) atoms. The van der Waals surface area contributed by atoms with Gasteiger partial charge >= 0.3 is 0 Å². The number of nitrogens with one attached hydrogen (secondary N) is 1. The van der Waals surface area contributed by atoms with Crippen molar-refractivity contribution in [2.24, 2.45) is 7.05 Å². The molecular weight excluding hydrogens is 246 g/mol. The first-order chi connectivity index (χ1) is 9.09. The summed E-state index contributed by atoms with van der Waals surface area (Å²) in [6.45, 7) is 1.57. The highest BCUT2D eigenvalue weighted by atomic mass is 16.2. The predicted octanol–water partition coefficient (Wildman–Crippen LogP) is -0.255. The van der Waals surface area contributed by atoms with Crippen molar-refractivity contribution in [3.63, 3.8) is 0 Å². The molecule has 1 aliphatic rings. The number of aryl methyl sites for hydroxylation is 1. The van der Waals surface area contributed by atoms with E-state index >= 15 is 0 Å². The van der Waals surface area contributed by atoms with Crippen LogP contribution in [-0.4, -0.2) is 46.1 Å². The van der Waals surface area contributed by atoms with Crippen LogP contribution in [0, 0.1) is 0 Å². The molecule has 2 amide bonds. The Morgan fingerprint density at radius 2 is 2.05 bits per heavy atom. The molecule has 0 aliphatic carbocycles. The molecule has 1 aromatic heterocycles. The van der Waals surface area contributed by atoms with Gasteiger partial charge in [0, 0.05) is 20.1 Å². The molecule has 1 aliphatic heterocycles. The molecule has 0 radical (unpaired) electrons. The molecule has 2 rings (SSSR count). The van der Waals surface area contributed by atoms with Crippen molar-refractivity contribution < 1.29 is 9.59 Å². The van der Waals surface area contributed by atoms with Crippen LogP contribution in [0.15, 0.2) is 6.20 Å². The summed E-state index contributed by atoms with van der Waals surface area (Å²) in [6, 6.07) is 0. The van der Waals surface area contributed by atoms with Crippen LogP contribution >= 0.6 is 0 Å². The van der Waals surface area contributed by atoms with Crippen molar-refractivity contribution in [2.45, 2.75) is 19.3 Å². The lowest BCUT2D eigenvalue weighted by atomic mass is 10.1. The van der Waals surface area contributed by atoms with Gasteiger partial charge in [-0.05, 0) is 19.3 Å². The summed E-state index contributed by atoms with van der Waals surface area (Å²) in [6.07, 6.45) is 4.64. The van der Waals surface area contributed by atoms with Crippen LogP contribution in [0.4, 0.5) is 5.82 Å². The second-order valence-electron chi connectivity index (χ2n) is 4.69. The first kappa shape index (κ1) is 13.4. The zero-order chi connectivity index (χ0) is 13.8. The maximum absolute atomic E-state index is 11.9. The average molecular weight is 265 g/mol. The number of hydrogen-bond acceptors (Lipinski definition) is 4. The van der Waals surface area contributed by atoms with Crippen LogP contribution in [-0.2, 0) is 11.8 Å². The van der Waals surface area contributed by atoms with Gasteiger partial charge in [0.1, 0.15) is 11.4 Å². The summed E-state index contributed by atoms with van der Waals surface area (Å²) in [5.41, 5.74) is 6.00. The summed E-state index contributed by atoms with van der Waals surface area (Å²) < 4.78 is 1.42. The average Bonchev–Trinajstić information content (AvgIpc) is 2.77. The minimum atomic E-state index is -0.365. The van der Waals surface area contributed by atoms with E-state index in [9.17, 15) is 9.59 Å². The van der Waals surface area contributed by atoms with E-state index in [-0.39, 0.29) is 18.4 Å². The highest BCUT2D eigenvalue weighted by Gasteiger charge is 2.18. The fraction of sp³-hybridized carbons (Fsp3) is 0.583. The van der Waals surface area contributed by atoms with Crippen LogP contribution < -0.4 is 11.1 Å². The van der Waals surface area contributed by atoms with Crippen molar-refractivity contribution >= 4 is 17.6 Å². The minimum absolute atomic E-state index is 0.00711. The Hall–Kier alpha value is -2.05. The van der Waals surface area contributed by atoms with Crippen molar-refractivity contribution in [1.82, 2.24) is 20.0 Å².